The van der Waals surface area contributed by atoms with E-state index in [9.17, 15) is 9.50 Å². The highest BCUT2D eigenvalue weighted by molar-refractivity contribution is 5.64. The molecule has 0 amide bonds. The van der Waals surface area contributed by atoms with Gasteiger partial charge in [0.2, 0.25) is 11.6 Å². The zero-order chi connectivity index (χ0) is 18.1. The molecule has 0 radical (unpaired) electrons. The number of aliphatic hydroxyl groups is 1. The van der Waals surface area contributed by atoms with Crippen molar-refractivity contribution in [3.05, 3.63) is 77.3 Å². The maximum Gasteiger partial charge on any atom is 0.220 e. The van der Waals surface area contributed by atoms with E-state index >= 15 is 0 Å². The number of nitrogens with zero attached hydrogens (tertiary/aromatic N) is 3. The van der Waals surface area contributed by atoms with Crippen molar-refractivity contribution in [3.8, 4) is 11.5 Å². The number of aliphatic hydroxyl groups excluding tert-OH is 1. The van der Waals surface area contributed by atoms with Gasteiger partial charge < -0.3 is 14.6 Å². The Hall–Kier alpha value is -3.35. The van der Waals surface area contributed by atoms with E-state index in [1.165, 1.54) is 23.1 Å². The van der Waals surface area contributed by atoms with Crippen LogP contribution in [0.15, 0.2) is 54.6 Å². The fraction of sp³-hybridized carbons (Fsp3) is 0.158. The molecular weight excluding hydrogens is 337 g/mol. The van der Waals surface area contributed by atoms with Gasteiger partial charge >= 0.3 is 0 Å². The van der Waals surface area contributed by atoms with Crippen molar-refractivity contribution in [2.75, 3.05) is 0 Å². The molecule has 0 fully saturated rings. The Morgan fingerprint density at radius 2 is 2.04 bits per heavy atom. The highest BCUT2D eigenvalue weighted by Gasteiger charge is 2.26. The van der Waals surface area contributed by atoms with Gasteiger partial charge in [0.1, 0.15) is 36.0 Å². The molecule has 7 heteroatoms. The summed E-state index contributed by atoms with van der Waals surface area (Å²) < 4.78 is 26.2. The molecule has 2 aromatic carbocycles. The zero-order valence-electron chi connectivity index (χ0n) is 14.0. The van der Waals surface area contributed by atoms with Gasteiger partial charge in [-0.25, -0.2) is 9.37 Å². The topological polar surface area (TPSA) is 69.4 Å². The summed E-state index contributed by atoms with van der Waals surface area (Å²) in [5.41, 5.74) is 1.59. The second-order valence-corrected chi connectivity index (χ2v) is 5.94. The molecule has 6 nitrogen and oxygen atoms in total. The molecule has 0 aliphatic carbocycles. The van der Waals surface area contributed by atoms with Crippen LogP contribution in [0, 0.1) is 5.82 Å². The Kier molecular flexibility index (Phi) is 4.04. The van der Waals surface area contributed by atoms with Crippen LogP contribution in [0.4, 0.5) is 4.39 Å². The van der Waals surface area contributed by atoms with Crippen LogP contribution in [-0.4, -0.2) is 19.9 Å². The Labute approximate surface area is 149 Å². The van der Waals surface area contributed by atoms with Gasteiger partial charge in [-0.1, -0.05) is 18.2 Å². The SMILES string of the molecule is Cn1cnc(C2=C(O)Cc3c(OCc4ccc(F)cc4)cccc3O2)n1. The number of halogens is 1. The lowest BCUT2D eigenvalue weighted by atomic mass is 10.0. The molecule has 26 heavy (non-hydrogen) atoms. The largest absolute Gasteiger partial charge is 0.508 e. The van der Waals surface area contributed by atoms with Gasteiger partial charge in [-0.05, 0) is 29.8 Å². The van der Waals surface area contributed by atoms with Crippen LogP contribution in [0.3, 0.4) is 0 Å². The number of fused-ring (bicyclic) bond motifs is 1. The molecule has 0 atom stereocenters. The molecule has 0 unspecified atom stereocenters. The summed E-state index contributed by atoms with van der Waals surface area (Å²) in [6, 6.07) is 11.5. The number of hydrogen-bond donors (Lipinski definition) is 1. The van der Waals surface area contributed by atoms with Gasteiger partial charge in [0.25, 0.3) is 0 Å². The molecule has 0 bridgehead atoms. The van der Waals surface area contributed by atoms with Crippen molar-refractivity contribution in [3.63, 3.8) is 0 Å². The molecule has 3 aromatic rings. The summed E-state index contributed by atoms with van der Waals surface area (Å²) in [7, 11) is 1.74. The number of ether oxygens (including phenoxy) is 2. The first-order chi connectivity index (χ1) is 12.6. The average molecular weight is 353 g/mol. The van der Waals surface area contributed by atoms with Crippen molar-refractivity contribution < 1.29 is 19.0 Å². The van der Waals surface area contributed by atoms with Crippen LogP contribution >= 0.6 is 0 Å². The van der Waals surface area contributed by atoms with E-state index in [1.54, 1.807) is 25.2 Å². The number of aromatic nitrogens is 3. The summed E-state index contributed by atoms with van der Waals surface area (Å²) in [5, 5.41) is 14.6. The Morgan fingerprint density at radius 3 is 2.77 bits per heavy atom. The van der Waals surface area contributed by atoms with E-state index < -0.39 is 0 Å². The quantitative estimate of drug-likeness (QED) is 0.779. The lowest BCUT2D eigenvalue weighted by Crippen LogP contribution is -2.12. The van der Waals surface area contributed by atoms with Crippen LogP contribution in [-0.2, 0) is 20.1 Å². The Bertz CT molecular complexity index is 980. The molecule has 1 aromatic heterocycles. The lowest BCUT2D eigenvalue weighted by molar-refractivity contribution is 0.294. The van der Waals surface area contributed by atoms with Crippen LogP contribution in [0.25, 0.3) is 5.76 Å². The van der Waals surface area contributed by atoms with Crippen molar-refractivity contribution in [1.29, 1.82) is 0 Å². The number of rotatable bonds is 4. The van der Waals surface area contributed by atoms with E-state index in [2.05, 4.69) is 10.1 Å². The van der Waals surface area contributed by atoms with Crippen molar-refractivity contribution in [1.82, 2.24) is 14.8 Å². The van der Waals surface area contributed by atoms with Gasteiger partial charge in [-0.15, -0.1) is 5.10 Å². The summed E-state index contributed by atoms with van der Waals surface area (Å²) >= 11 is 0. The fourth-order valence-electron chi connectivity index (χ4n) is 2.73. The monoisotopic (exact) mass is 353 g/mol. The molecule has 1 aliphatic rings. The van der Waals surface area contributed by atoms with Gasteiger partial charge in [0, 0.05) is 19.0 Å². The molecule has 0 saturated carbocycles. The summed E-state index contributed by atoms with van der Waals surface area (Å²) in [4.78, 5) is 4.12. The summed E-state index contributed by atoms with van der Waals surface area (Å²) in [6.45, 7) is 0.288. The number of hydrogen-bond acceptors (Lipinski definition) is 5. The predicted octanol–water partition coefficient (Wildman–Crippen LogP) is 3.39. The number of benzene rings is 2. The molecule has 0 spiro atoms. The first kappa shape index (κ1) is 16.1. The fourth-order valence-corrected chi connectivity index (χ4v) is 2.73. The van der Waals surface area contributed by atoms with Crippen molar-refractivity contribution in [2.24, 2.45) is 7.05 Å². The molecule has 1 N–H and O–H groups in total. The first-order valence-electron chi connectivity index (χ1n) is 8.05. The van der Waals surface area contributed by atoms with Crippen LogP contribution in [0.2, 0.25) is 0 Å². The third-order valence-electron chi connectivity index (χ3n) is 4.02. The maximum atomic E-state index is 13.0. The minimum atomic E-state index is -0.287. The second-order valence-electron chi connectivity index (χ2n) is 5.94. The van der Waals surface area contributed by atoms with E-state index in [0.29, 0.717) is 17.3 Å². The Balaban J connectivity index is 1.57. The lowest BCUT2D eigenvalue weighted by Gasteiger charge is -2.21. The van der Waals surface area contributed by atoms with Gasteiger partial charge in [-0.2, -0.15) is 0 Å². The minimum absolute atomic E-state index is 0.0431. The van der Waals surface area contributed by atoms with Gasteiger partial charge in [0.15, 0.2) is 0 Å². The van der Waals surface area contributed by atoms with E-state index in [1.807, 2.05) is 12.1 Å². The second kappa shape index (κ2) is 6.51. The predicted molar refractivity (Wildman–Crippen MR) is 92.1 cm³/mol. The normalized spacial score (nSPS) is 13.3. The van der Waals surface area contributed by atoms with E-state index in [0.717, 1.165) is 11.1 Å². The van der Waals surface area contributed by atoms with Gasteiger partial charge in [0.05, 0.1) is 0 Å². The van der Waals surface area contributed by atoms with Crippen molar-refractivity contribution >= 4 is 5.76 Å². The summed E-state index contributed by atoms with van der Waals surface area (Å²) in [6.07, 6.45) is 1.79. The van der Waals surface area contributed by atoms with Crippen molar-refractivity contribution in [2.45, 2.75) is 13.0 Å². The standard InChI is InChI=1S/C19H16FN3O3/c1-23-11-21-19(22-23)18-15(24)9-14-16(3-2-4-17(14)26-18)25-10-12-5-7-13(20)8-6-12/h2-8,11,24H,9-10H2,1H3. The maximum absolute atomic E-state index is 13.0. The molecule has 1 aliphatic heterocycles. The van der Waals surface area contributed by atoms with E-state index in [4.69, 9.17) is 9.47 Å². The van der Waals surface area contributed by atoms with E-state index in [-0.39, 0.29) is 30.4 Å². The average Bonchev–Trinajstić information content (AvgIpc) is 3.07. The molecule has 2 heterocycles. The minimum Gasteiger partial charge on any atom is -0.508 e. The van der Waals surface area contributed by atoms with Crippen LogP contribution in [0.5, 0.6) is 11.5 Å². The van der Waals surface area contributed by atoms with Crippen LogP contribution in [0.1, 0.15) is 17.0 Å². The summed E-state index contributed by atoms with van der Waals surface area (Å²) in [5.74, 6) is 1.52. The highest BCUT2D eigenvalue weighted by Crippen LogP contribution is 2.38. The Morgan fingerprint density at radius 1 is 1.23 bits per heavy atom. The first-order valence-corrected chi connectivity index (χ1v) is 8.05. The molecule has 4 rings (SSSR count). The van der Waals surface area contributed by atoms with Crippen LogP contribution < -0.4 is 9.47 Å². The zero-order valence-corrected chi connectivity index (χ0v) is 14.0. The molecular formula is C19H16FN3O3. The molecule has 0 saturated heterocycles. The number of aryl methyl sites for hydroxylation is 1. The smallest absolute Gasteiger partial charge is 0.220 e. The third-order valence-corrected chi connectivity index (χ3v) is 4.02. The number of allylic oxidation sites excluding steroid dienone is 1. The molecule has 132 valence electrons. The highest BCUT2D eigenvalue weighted by atomic mass is 19.1. The third kappa shape index (κ3) is 3.11. The van der Waals surface area contributed by atoms with Gasteiger partial charge in [-0.3, -0.25) is 4.68 Å².